The summed E-state index contributed by atoms with van der Waals surface area (Å²) < 4.78 is 52.8. The first-order chi connectivity index (χ1) is 17.3. The molecule has 36 heavy (non-hydrogen) atoms. The van der Waals surface area contributed by atoms with Gasteiger partial charge in [0.2, 0.25) is 5.91 Å². The van der Waals surface area contributed by atoms with E-state index in [9.17, 15) is 22.4 Å². The monoisotopic (exact) mass is 506 g/mol. The minimum atomic E-state index is -4.64. The van der Waals surface area contributed by atoms with Crippen LogP contribution >= 0.6 is 0 Å². The van der Waals surface area contributed by atoms with Crippen molar-refractivity contribution >= 4 is 11.7 Å². The molecule has 2 aromatic rings. The zero-order valence-electron chi connectivity index (χ0n) is 20.1. The van der Waals surface area contributed by atoms with Crippen molar-refractivity contribution in [3.8, 4) is 11.3 Å². The lowest BCUT2D eigenvalue weighted by molar-refractivity contribution is -0.137. The van der Waals surface area contributed by atoms with Gasteiger partial charge >= 0.3 is 6.18 Å². The molecule has 194 valence electrons. The highest BCUT2D eigenvalue weighted by Crippen LogP contribution is 2.33. The molecule has 7 nitrogen and oxygen atoms in total. The summed E-state index contributed by atoms with van der Waals surface area (Å²) in [5, 5.41) is 0. The van der Waals surface area contributed by atoms with Crippen LogP contribution in [0.5, 0.6) is 0 Å². The van der Waals surface area contributed by atoms with E-state index in [0.717, 1.165) is 44.4 Å². The van der Waals surface area contributed by atoms with E-state index in [1.54, 1.807) is 0 Å². The van der Waals surface area contributed by atoms with E-state index in [1.807, 2.05) is 9.80 Å². The molecule has 11 heteroatoms. The number of amides is 1. The van der Waals surface area contributed by atoms with Crippen molar-refractivity contribution in [1.29, 1.82) is 0 Å². The normalized spacial score (nSPS) is 20.4. The van der Waals surface area contributed by atoms with Gasteiger partial charge in [0.15, 0.2) is 0 Å². The molecule has 2 saturated heterocycles. The van der Waals surface area contributed by atoms with E-state index in [4.69, 9.17) is 0 Å². The number of nitrogens with zero attached hydrogens (tertiary/aromatic N) is 6. The number of hydrogen-bond donors (Lipinski definition) is 0. The third kappa shape index (κ3) is 5.62. The smallest absolute Gasteiger partial charge is 0.353 e. The highest BCUT2D eigenvalue weighted by Gasteiger charge is 2.32. The summed E-state index contributed by atoms with van der Waals surface area (Å²) in [6.07, 6.45) is 2.11. The Labute approximate surface area is 207 Å². The Balaban J connectivity index is 1.12. The summed E-state index contributed by atoms with van der Waals surface area (Å²) in [6, 6.07) is 3.07. The first-order valence-corrected chi connectivity index (χ1v) is 12.5. The lowest BCUT2D eigenvalue weighted by atomic mass is 9.91. The van der Waals surface area contributed by atoms with Crippen LogP contribution in [0.4, 0.5) is 23.4 Å². The molecule has 5 rings (SSSR count). The zero-order valence-corrected chi connectivity index (χ0v) is 20.1. The van der Waals surface area contributed by atoms with Crippen LogP contribution in [0.2, 0.25) is 0 Å². The summed E-state index contributed by atoms with van der Waals surface area (Å²) in [7, 11) is 0. The Hall–Kier alpha value is -2.79. The second kappa shape index (κ2) is 10.3. The Morgan fingerprint density at radius 2 is 1.64 bits per heavy atom. The molecule has 0 atom stereocenters. The van der Waals surface area contributed by atoms with Gasteiger partial charge in [-0.1, -0.05) is 6.42 Å². The molecule has 3 heterocycles. The minimum Gasteiger partial charge on any atom is -0.353 e. The Kier molecular flexibility index (Phi) is 7.11. The number of rotatable bonds is 5. The molecule has 1 aromatic carbocycles. The Bertz CT molecular complexity index is 1060. The topological polar surface area (TPSA) is 55.8 Å². The molecular weight excluding hydrogens is 476 g/mol. The van der Waals surface area contributed by atoms with Crippen LogP contribution in [-0.2, 0) is 11.0 Å². The Morgan fingerprint density at radius 1 is 0.917 bits per heavy atom. The van der Waals surface area contributed by atoms with Crippen LogP contribution < -0.4 is 4.90 Å². The quantitative estimate of drug-likeness (QED) is 0.581. The van der Waals surface area contributed by atoms with Crippen LogP contribution in [0.3, 0.4) is 0 Å². The summed E-state index contributed by atoms with van der Waals surface area (Å²) in [6.45, 7) is 6.66. The van der Waals surface area contributed by atoms with E-state index >= 15 is 0 Å². The number of anilines is 1. The van der Waals surface area contributed by atoms with Crippen molar-refractivity contribution in [2.75, 3.05) is 63.8 Å². The van der Waals surface area contributed by atoms with Crippen molar-refractivity contribution in [3.05, 3.63) is 42.0 Å². The van der Waals surface area contributed by atoms with E-state index in [-0.39, 0.29) is 17.2 Å². The van der Waals surface area contributed by atoms with Crippen LogP contribution in [0.25, 0.3) is 11.3 Å². The third-order valence-corrected chi connectivity index (χ3v) is 7.47. The first-order valence-electron chi connectivity index (χ1n) is 12.5. The SMILES string of the molecule is O=C(CN1CCN(c2cnc(-c3cc(F)cc(C(F)(F)F)c3)cn2)CC1)N1CCN(C2CCC2)CC1. The maximum atomic E-state index is 13.7. The minimum absolute atomic E-state index is 0.0261. The second-order valence-corrected chi connectivity index (χ2v) is 9.75. The van der Waals surface area contributed by atoms with Gasteiger partial charge in [0.25, 0.3) is 0 Å². The van der Waals surface area contributed by atoms with Crippen LogP contribution in [0.15, 0.2) is 30.6 Å². The van der Waals surface area contributed by atoms with Crippen LogP contribution in [-0.4, -0.2) is 95.5 Å². The number of hydrogen-bond acceptors (Lipinski definition) is 6. The van der Waals surface area contributed by atoms with Crippen molar-refractivity contribution in [3.63, 3.8) is 0 Å². The molecule has 0 unspecified atom stereocenters. The molecule has 2 aliphatic heterocycles. The molecule has 0 N–H and O–H groups in total. The fourth-order valence-corrected chi connectivity index (χ4v) is 5.05. The van der Waals surface area contributed by atoms with Gasteiger partial charge in [0.1, 0.15) is 11.6 Å². The zero-order chi connectivity index (χ0) is 25.3. The molecule has 1 aromatic heterocycles. The molecule has 0 radical (unpaired) electrons. The number of halogens is 4. The predicted octanol–water partition coefficient (Wildman–Crippen LogP) is 3.12. The molecule has 3 aliphatic rings. The standard InChI is InChI=1S/C25H30F4N6O/c26-20-13-18(12-19(14-20)25(27,28)29)22-15-31-23(16-30-22)34-6-4-32(5-7-34)17-24(36)35-10-8-33(9-11-35)21-2-1-3-21/h12-16,21H,1-11,17H2. The van der Waals surface area contributed by atoms with Gasteiger partial charge < -0.3 is 9.80 Å². The largest absolute Gasteiger partial charge is 0.416 e. The second-order valence-electron chi connectivity index (χ2n) is 9.75. The van der Waals surface area contributed by atoms with E-state index in [1.165, 1.54) is 31.7 Å². The Morgan fingerprint density at radius 3 is 2.22 bits per heavy atom. The molecule has 1 saturated carbocycles. The summed E-state index contributed by atoms with van der Waals surface area (Å²) in [4.78, 5) is 30.0. The average Bonchev–Trinajstić information content (AvgIpc) is 2.83. The number of carbonyl (C=O) groups excluding carboxylic acids is 1. The number of benzene rings is 1. The average molecular weight is 507 g/mol. The maximum Gasteiger partial charge on any atom is 0.416 e. The molecule has 1 aliphatic carbocycles. The third-order valence-electron chi connectivity index (χ3n) is 7.47. The van der Waals surface area contributed by atoms with Gasteiger partial charge in [-0.15, -0.1) is 0 Å². The summed E-state index contributed by atoms with van der Waals surface area (Å²) in [5.41, 5.74) is -0.863. The van der Waals surface area contributed by atoms with E-state index in [0.29, 0.717) is 44.6 Å². The van der Waals surface area contributed by atoms with Crippen LogP contribution in [0, 0.1) is 5.82 Å². The van der Waals surface area contributed by atoms with Gasteiger partial charge in [0.05, 0.1) is 30.2 Å². The van der Waals surface area contributed by atoms with Crippen LogP contribution in [0.1, 0.15) is 24.8 Å². The number of carbonyl (C=O) groups is 1. The highest BCUT2D eigenvalue weighted by atomic mass is 19.4. The predicted molar refractivity (Wildman–Crippen MR) is 127 cm³/mol. The van der Waals surface area contributed by atoms with Gasteiger partial charge in [-0.3, -0.25) is 19.6 Å². The molecule has 0 bridgehead atoms. The number of aromatic nitrogens is 2. The van der Waals surface area contributed by atoms with Gasteiger partial charge in [0, 0.05) is 64.0 Å². The van der Waals surface area contributed by atoms with Gasteiger partial charge in [-0.25, -0.2) is 9.37 Å². The number of piperazine rings is 2. The molecule has 3 fully saturated rings. The maximum absolute atomic E-state index is 13.7. The lowest BCUT2D eigenvalue weighted by Crippen LogP contribution is -2.56. The molecular formula is C25H30F4N6O. The summed E-state index contributed by atoms with van der Waals surface area (Å²) >= 11 is 0. The van der Waals surface area contributed by atoms with Crippen molar-refractivity contribution in [1.82, 2.24) is 24.7 Å². The fraction of sp³-hybridized carbons (Fsp3) is 0.560. The van der Waals surface area contributed by atoms with E-state index in [2.05, 4.69) is 19.8 Å². The van der Waals surface area contributed by atoms with E-state index < -0.39 is 17.6 Å². The molecule has 1 amide bonds. The van der Waals surface area contributed by atoms with Gasteiger partial charge in [-0.2, -0.15) is 13.2 Å². The number of alkyl halides is 3. The van der Waals surface area contributed by atoms with Crippen molar-refractivity contribution < 1.29 is 22.4 Å². The fourth-order valence-electron chi connectivity index (χ4n) is 5.05. The molecule has 0 spiro atoms. The van der Waals surface area contributed by atoms with Crippen molar-refractivity contribution in [2.24, 2.45) is 0 Å². The van der Waals surface area contributed by atoms with Crippen molar-refractivity contribution in [2.45, 2.75) is 31.5 Å². The lowest BCUT2D eigenvalue weighted by Gasteiger charge is -2.43. The summed E-state index contributed by atoms with van der Waals surface area (Å²) in [5.74, 6) is -0.199. The highest BCUT2D eigenvalue weighted by molar-refractivity contribution is 5.78. The van der Waals surface area contributed by atoms with Gasteiger partial charge in [-0.05, 0) is 31.0 Å². The first kappa shape index (κ1) is 24.9.